The molecular weight excluding hydrogens is 330 g/mol. The highest BCUT2D eigenvalue weighted by Crippen LogP contribution is 2.22. The van der Waals surface area contributed by atoms with Crippen molar-refractivity contribution < 1.29 is 26.7 Å². The van der Waals surface area contributed by atoms with Crippen LogP contribution in [0.25, 0.3) is 0 Å². The van der Waals surface area contributed by atoms with Gasteiger partial charge in [-0.05, 0) is 25.5 Å². The highest BCUT2D eigenvalue weighted by molar-refractivity contribution is 7.89. The highest BCUT2D eigenvalue weighted by atomic mass is 32.2. The minimum atomic E-state index is -4.16. The zero-order valence-electron chi connectivity index (χ0n) is 12.7. The number of halogens is 2. The largest absolute Gasteiger partial charge is 0.450 e. The fourth-order valence-electron chi connectivity index (χ4n) is 2.35. The maximum Gasteiger partial charge on any atom is 0.409 e. The number of hydrogen-bond donors (Lipinski definition) is 0. The van der Waals surface area contributed by atoms with Crippen LogP contribution in [0.2, 0.25) is 0 Å². The SMILES string of the molecule is CCOC(=O)N1CCCN(S(=O)(=O)c2cccc(F)c2F)CC1. The smallest absolute Gasteiger partial charge is 0.409 e. The Hall–Kier alpha value is -1.74. The average molecular weight is 348 g/mol. The number of ether oxygens (including phenoxy) is 1. The molecule has 1 saturated heterocycles. The Labute approximate surface area is 133 Å². The van der Waals surface area contributed by atoms with E-state index in [1.807, 2.05) is 0 Å². The van der Waals surface area contributed by atoms with Crippen LogP contribution in [0.1, 0.15) is 13.3 Å². The average Bonchev–Trinajstić information content (AvgIpc) is 2.76. The van der Waals surface area contributed by atoms with Crippen LogP contribution in [0.4, 0.5) is 13.6 Å². The molecule has 6 nitrogen and oxygen atoms in total. The van der Waals surface area contributed by atoms with Gasteiger partial charge in [0.25, 0.3) is 0 Å². The predicted molar refractivity (Wildman–Crippen MR) is 78.3 cm³/mol. The third kappa shape index (κ3) is 3.78. The molecule has 1 aromatic carbocycles. The van der Waals surface area contributed by atoms with Gasteiger partial charge in [-0.15, -0.1) is 0 Å². The van der Waals surface area contributed by atoms with E-state index in [4.69, 9.17) is 4.74 Å². The van der Waals surface area contributed by atoms with Gasteiger partial charge in [-0.3, -0.25) is 0 Å². The van der Waals surface area contributed by atoms with E-state index in [2.05, 4.69) is 0 Å². The van der Waals surface area contributed by atoms with Crippen LogP contribution in [0, 0.1) is 11.6 Å². The molecule has 2 rings (SSSR count). The van der Waals surface area contributed by atoms with E-state index in [0.29, 0.717) is 13.0 Å². The molecule has 0 spiro atoms. The lowest BCUT2D eigenvalue weighted by Crippen LogP contribution is -2.37. The minimum absolute atomic E-state index is 0.00288. The molecule has 128 valence electrons. The van der Waals surface area contributed by atoms with Gasteiger partial charge in [0, 0.05) is 26.2 Å². The van der Waals surface area contributed by atoms with Crippen LogP contribution in [0.3, 0.4) is 0 Å². The summed E-state index contributed by atoms with van der Waals surface area (Å²) in [7, 11) is -4.16. The van der Waals surface area contributed by atoms with Crippen molar-refractivity contribution in [3.63, 3.8) is 0 Å². The maximum atomic E-state index is 13.8. The number of benzene rings is 1. The maximum absolute atomic E-state index is 13.8. The first-order valence-corrected chi connectivity index (χ1v) is 8.67. The fraction of sp³-hybridized carbons (Fsp3) is 0.500. The summed E-state index contributed by atoms with van der Waals surface area (Å²) in [4.78, 5) is 12.4. The molecule has 9 heteroatoms. The van der Waals surface area contributed by atoms with Crippen molar-refractivity contribution in [1.29, 1.82) is 0 Å². The van der Waals surface area contributed by atoms with Gasteiger partial charge < -0.3 is 9.64 Å². The van der Waals surface area contributed by atoms with Gasteiger partial charge in [0.1, 0.15) is 4.90 Å². The Balaban J connectivity index is 2.18. The number of nitrogens with zero attached hydrogens (tertiary/aromatic N) is 2. The number of amides is 1. The van der Waals surface area contributed by atoms with Gasteiger partial charge in [-0.1, -0.05) is 6.07 Å². The second-order valence-electron chi connectivity index (χ2n) is 5.00. The van der Waals surface area contributed by atoms with Gasteiger partial charge in [0.2, 0.25) is 10.0 Å². The van der Waals surface area contributed by atoms with E-state index in [1.165, 1.54) is 4.90 Å². The molecule has 1 amide bonds. The Kier molecular flexibility index (Phi) is 5.53. The highest BCUT2D eigenvalue weighted by Gasteiger charge is 2.31. The molecule has 1 heterocycles. The van der Waals surface area contributed by atoms with E-state index >= 15 is 0 Å². The molecule has 1 aliphatic rings. The van der Waals surface area contributed by atoms with Gasteiger partial charge in [-0.25, -0.2) is 22.0 Å². The Morgan fingerprint density at radius 1 is 1.22 bits per heavy atom. The van der Waals surface area contributed by atoms with E-state index in [1.54, 1.807) is 6.92 Å². The zero-order valence-corrected chi connectivity index (χ0v) is 13.5. The van der Waals surface area contributed by atoms with E-state index in [-0.39, 0.29) is 26.2 Å². The lowest BCUT2D eigenvalue weighted by atomic mass is 10.3. The second kappa shape index (κ2) is 7.22. The molecule has 23 heavy (non-hydrogen) atoms. The zero-order chi connectivity index (χ0) is 17.0. The number of hydrogen-bond acceptors (Lipinski definition) is 4. The lowest BCUT2D eigenvalue weighted by Gasteiger charge is -2.21. The van der Waals surface area contributed by atoms with Crippen LogP contribution in [0.5, 0.6) is 0 Å². The Morgan fingerprint density at radius 3 is 2.65 bits per heavy atom. The number of rotatable bonds is 3. The topological polar surface area (TPSA) is 66.9 Å². The van der Waals surface area contributed by atoms with Crippen molar-refractivity contribution >= 4 is 16.1 Å². The molecule has 1 fully saturated rings. The standard InChI is InChI=1S/C14H18F2N2O4S/c1-2-22-14(19)17-7-4-8-18(10-9-17)23(20,21)12-6-3-5-11(15)13(12)16/h3,5-6H,2,4,7-10H2,1H3. The number of sulfonamides is 1. The third-order valence-corrected chi connectivity index (χ3v) is 5.43. The molecule has 0 unspecified atom stereocenters. The molecule has 0 radical (unpaired) electrons. The number of carbonyl (C=O) groups is 1. The van der Waals surface area contributed by atoms with Crippen molar-refractivity contribution in [3.8, 4) is 0 Å². The monoisotopic (exact) mass is 348 g/mol. The van der Waals surface area contributed by atoms with Crippen molar-refractivity contribution in [3.05, 3.63) is 29.8 Å². The molecule has 0 N–H and O–H groups in total. The molecular formula is C14H18F2N2O4S. The normalized spacial score (nSPS) is 16.9. The van der Waals surface area contributed by atoms with Crippen LogP contribution in [-0.2, 0) is 14.8 Å². The third-order valence-electron chi connectivity index (χ3n) is 3.51. The molecule has 0 aromatic heterocycles. The molecule has 0 saturated carbocycles. The molecule has 0 bridgehead atoms. The Bertz CT molecular complexity index is 681. The van der Waals surface area contributed by atoms with Crippen molar-refractivity contribution in [2.45, 2.75) is 18.2 Å². The lowest BCUT2D eigenvalue weighted by molar-refractivity contribution is 0.109. The number of carbonyl (C=O) groups excluding carboxylic acids is 1. The summed E-state index contributed by atoms with van der Waals surface area (Å²) in [6, 6.07) is 3.04. The van der Waals surface area contributed by atoms with Gasteiger partial charge in [0.05, 0.1) is 6.61 Å². The first-order chi connectivity index (χ1) is 10.9. The van der Waals surface area contributed by atoms with E-state index in [9.17, 15) is 22.0 Å². The summed E-state index contributed by atoms with van der Waals surface area (Å²) < 4.78 is 58.0. The second-order valence-corrected chi connectivity index (χ2v) is 6.90. The molecule has 0 aliphatic carbocycles. The predicted octanol–water partition coefficient (Wildman–Crippen LogP) is 1.82. The van der Waals surface area contributed by atoms with E-state index in [0.717, 1.165) is 22.5 Å². The minimum Gasteiger partial charge on any atom is -0.450 e. The summed E-state index contributed by atoms with van der Waals surface area (Å²) in [6.07, 6.45) is -0.127. The molecule has 1 aromatic rings. The summed E-state index contributed by atoms with van der Waals surface area (Å²) >= 11 is 0. The van der Waals surface area contributed by atoms with Gasteiger partial charge >= 0.3 is 6.09 Å². The summed E-state index contributed by atoms with van der Waals surface area (Å²) in [6.45, 7) is 2.50. The molecule has 0 atom stereocenters. The Morgan fingerprint density at radius 2 is 1.96 bits per heavy atom. The van der Waals surface area contributed by atoms with Crippen LogP contribution < -0.4 is 0 Å². The first-order valence-electron chi connectivity index (χ1n) is 7.23. The van der Waals surface area contributed by atoms with Crippen molar-refractivity contribution in [1.82, 2.24) is 9.21 Å². The quantitative estimate of drug-likeness (QED) is 0.836. The van der Waals surface area contributed by atoms with Gasteiger partial charge in [0.15, 0.2) is 11.6 Å². The fourth-order valence-corrected chi connectivity index (χ4v) is 3.90. The van der Waals surface area contributed by atoms with E-state index < -0.39 is 32.6 Å². The summed E-state index contributed by atoms with van der Waals surface area (Å²) in [5.74, 6) is -2.60. The van der Waals surface area contributed by atoms with Crippen molar-refractivity contribution in [2.75, 3.05) is 32.8 Å². The van der Waals surface area contributed by atoms with Crippen LogP contribution >= 0.6 is 0 Å². The summed E-state index contributed by atoms with van der Waals surface area (Å²) in [5.41, 5.74) is 0. The van der Waals surface area contributed by atoms with Crippen molar-refractivity contribution in [2.24, 2.45) is 0 Å². The van der Waals surface area contributed by atoms with Crippen LogP contribution in [-0.4, -0.2) is 56.5 Å². The van der Waals surface area contributed by atoms with Crippen LogP contribution in [0.15, 0.2) is 23.1 Å². The van der Waals surface area contributed by atoms with Gasteiger partial charge in [-0.2, -0.15) is 4.31 Å². The molecule has 1 aliphatic heterocycles. The summed E-state index contributed by atoms with van der Waals surface area (Å²) in [5, 5.41) is 0. The first kappa shape index (κ1) is 17.6.